The van der Waals surface area contributed by atoms with E-state index in [-0.39, 0.29) is 0 Å². The first-order chi connectivity index (χ1) is 12.3. The molecule has 0 spiro atoms. The van der Waals surface area contributed by atoms with Crippen molar-refractivity contribution in [2.24, 2.45) is 0 Å². The van der Waals surface area contributed by atoms with Crippen LogP contribution < -0.4 is 7.91 Å². The molecule has 2 aromatic rings. The monoisotopic (exact) mass is 548 g/mol. The van der Waals surface area contributed by atoms with Gasteiger partial charge in [-0.15, -0.1) is 0 Å². The second-order valence-corrected chi connectivity index (χ2v) is 13.2. The molecule has 3 heteroatoms. The maximum atomic E-state index is 2.56. The van der Waals surface area contributed by atoms with Crippen LogP contribution in [0.25, 0.3) is 0 Å². The molecule has 1 aliphatic carbocycles. The van der Waals surface area contributed by atoms with Crippen LogP contribution in [0, 0.1) is 0 Å². The Hall–Kier alpha value is -0.692. The predicted octanol–water partition coefficient (Wildman–Crippen LogP) is 5.71. The minimum atomic E-state index is -1.56. The summed E-state index contributed by atoms with van der Waals surface area (Å²) in [7, 11) is 0. The van der Waals surface area contributed by atoms with Crippen LogP contribution in [-0.2, 0) is 17.3 Å². The molecule has 0 saturated heterocycles. The molecule has 0 fully saturated rings. The third kappa shape index (κ3) is 5.16. The van der Waals surface area contributed by atoms with Crippen molar-refractivity contribution in [3.8, 4) is 0 Å². The van der Waals surface area contributed by atoms with Gasteiger partial charge in [-0.05, 0) is 0 Å². The fourth-order valence-corrected chi connectivity index (χ4v) is 9.91. The van der Waals surface area contributed by atoms with Crippen LogP contribution in [0.1, 0.15) is 25.7 Å². The molecule has 3 rings (SSSR count). The maximum absolute atomic E-state index is 2.56. The summed E-state index contributed by atoms with van der Waals surface area (Å²) in [5.41, 5.74) is 0. The van der Waals surface area contributed by atoms with Crippen molar-refractivity contribution >= 4 is 31.4 Å². The molecule has 0 N–H and O–H groups in total. The third-order valence-electron chi connectivity index (χ3n) is 4.01. The predicted molar refractivity (Wildman–Crippen MR) is 111 cm³/mol. The standard InChI is InChI=1S/C8H11.2C7H7S.Pt/c1-2-4-6-8-7-5-3-1;2*1-8-7-5-3-2-4-6-7;/h1-2,7H,3-6H2;2*3-6H,1H3;. The number of benzene rings is 2. The van der Waals surface area contributed by atoms with E-state index in [0.717, 1.165) is 0 Å². The Morgan fingerprint density at radius 3 is 1.72 bits per heavy atom. The van der Waals surface area contributed by atoms with Crippen molar-refractivity contribution in [3.63, 3.8) is 0 Å². The van der Waals surface area contributed by atoms with Gasteiger partial charge in [-0.2, -0.15) is 0 Å². The van der Waals surface area contributed by atoms with Crippen molar-refractivity contribution in [1.82, 2.24) is 0 Å². The molecular formula is C22H25PtS2. The van der Waals surface area contributed by atoms with Crippen molar-refractivity contribution in [2.45, 2.75) is 35.5 Å². The molecule has 25 heavy (non-hydrogen) atoms. The van der Waals surface area contributed by atoms with Crippen LogP contribution >= 0.6 is 23.5 Å². The van der Waals surface area contributed by atoms with Gasteiger partial charge in [0.2, 0.25) is 0 Å². The van der Waals surface area contributed by atoms with E-state index in [2.05, 4.69) is 79.3 Å². The molecule has 0 heterocycles. The van der Waals surface area contributed by atoms with Gasteiger partial charge in [-0.1, -0.05) is 0 Å². The topological polar surface area (TPSA) is 0 Å². The molecule has 0 amide bonds. The number of hydrogen-bond acceptors (Lipinski definition) is 2. The third-order valence-corrected chi connectivity index (χ3v) is 12.1. The van der Waals surface area contributed by atoms with Gasteiger partial charge in [-0.3, -0.25) is 0 Å². The molecule has 0 unspecified atom stereocenters. The number of hydrogen-bond donors (Lipinski definition) is 0. The van der Waals surface area contributed by atoms with Crippen LogP contribution in [0.4, 0.5) is 0 Å². The summed E-state index contributed by atoms with van der Waals surface area (Å²) in [6.45, 7) is 0. The van der Waals surface area contributed by atoms with Gasteiger partial charge in [0.25, 0.3) is 0 Å². The average molecular weight is 549 g/mol. The van der Waals surface area contributed by atoms with Crippen LogP contribution in [-0.4, -0.2) is 12.5 Å². The SMILES string of the molecule is CSc1cc[c]([Pt]([C]2=CCCC=CCC2)[c]2ccc(SC)cc2)cc1. The number of thioether (sulfide) groups is 2. The molecular weight excluding hydrogens is 523 g/mol. The molecule has 0 aromatic heterocycles. The van der Waals surface area contributed by atoms with E-state index in [4.69, 9.17) is 0 Å². The average Bonchev–Trinajstić information content (AvgIpc) is 2.64. The van der Waals surface area contributed by atoms with Gasteiger partial charge in [0.1, 0.15) is 0 Å². The van der Waals surface area contributed by atoms with E-state index in [1.807, 2.05) is 23.5 Å². The summed E-state index contributed by atoms with van der Waals surface area (Å²) >= 11 is 2.08. The summed E-state index contributed by atoms with van der Waals surface area (Å²) in [5.74, 6) is 0. The van der Waals surface area contributed by atoms with E-state index in [9.17, 15) is 0 Å². The second kappa shape index (κ2) is 9.85. The van der Waals surface area contributed by atoms with Crippen molar-refractivity contribution in [3.05, 3.63) is 70.7 Å². The molecule has 0 saturated carbocycles. The minimum absolute atomic E-state index is 1.18. The summed E-state index contributed by atoms with van der Waals surface area (Å²) in [6.07, 6.45) is 16.3. The summed E-state index contributed by atoms with van der Waals surface area (Å²) < 4.78 is 4.86. The Bertz CT molecular complexity index is 682. The second-order valence-electron chi connectivity index (χ2n) is 5.68. The Kier molecular flexibility index (Phi) is 7.52. The van der Waals surface area contributed by atoms with Crippen LogP contribution in [0.2, 0.25) is 0 Å². The zero-order valence-corrected chi connectivity index (χ0v) is 18.7. The van der Waals surface area contributed by atoms with E-state index < -0.39 is 17.3 Å². The van der Waals surface area contributed by atoms with Gasteiger partial charge < -0.3 is 0 Å². The van der Waals surface area contributed by atoms with Gasteiger partial charge in [-0.25, -0.2) is 0 Å². The first kappa shape index (κ1) is 19.1. The van der Waals surface area contributed by atoms with Crippen LogP contribution in [0.15, 0.2) is 80.5 Å². The number of allylic oxidation sites excluding steroid dienone is 4. The molecule has 0 atom stereocenters. The molecule has 2 aromatic carbocycles. The molecule has 0 bridgehead atoms. The normalized spacial score (nSPS) is 15.3. The Morgan fingerprint density at radius 1 is 0.680 bits per heavy atom. The molecule has 0 radical (unpaired) electrons. The fraction of sp³-hybridized carbons (Fsp3) is 0.273. The van der Waals surface area contributed by atoms with E-state index in [0.29, 0.717) is 0 Å². The summed E-state index contributed by atoms with van der Waals surface area (Å²) in [4.78, 5) is 2.71. The summed E-state index contributed by atoms with van der Waals surface area (Å²) in [5, 5.41) is 0. The van der Waals surface area contributed by atoms with E-state index in [1.165, 1.54) is 35.5 Å². The van der Waals surface area contributed by atoms with Crippen molar-refractivity contribution in [2.75, 3.05) is 12.5 Å². The van der Waals surface area contributed by atoms with Crippen molar-refractivity contribution < 1.29 is 17.3 Å². The quantitative estimate of drug-likeness (QED) is 0.347. The Balaban J connectivity index is 1.99. The van der Waals surface area contributed by atoms with E-state index >= 15 is 0 Å². The van der Waals surface area contributed by atoms with Gasteiger partial charge in [0.15, 0.2) is 0 Å². The molecule has 1 aliphatic rings. The van der Waals surface area contributed by atoms with Crippen LogP contribution in [0.3, 0.4) is 0 Å². The molecule has 0 aliphatic heterocycles. The fourth-order valence-electron chi connectivity index (χ4n) is 2.69. The first-order valence-electron chi connectivity index (χ1n) is 8.54. The Labute approximate surface area is 166 Å². The van der Waals surface area contributed by atoms with Gasteiger partial charge in [0, 0.05) is 0 Å². The zero-order valence-electron chi connectivity index (χ0n) is 14.8. The Morgan fingerprint density at radius 2 is 1.20 bits per heavy atom. The summed E-state index contributed by atoms with van der Waals surface area (Å²) in [6, 6.07) is 18.7. The van der Waals surface area contributed by atoms with Gasteiger partial charge in [0.05, 0.1) is 0 Å². The van der Waals surface area contributed by atoms with Crippen LogP contribution in [0.5, 0.6) is 0 Å². The molecule has 0 nitrogen and oxygen atoms in total. The first-order valence-corrected chi connectivity index (χ1v) is 14.4. The number of rotatable bonds is 5. The van der Waals surface area contributed by atoms with Gasteiger partial charge >= 0.3 is 167 Å². The molecule has 135 valence electrons. The zero-order chi connectivity index (χ0) is 17.5. The van der Waals surface area contributed by atoms with Crippen molar-refractivity contribution in [1.29, 1.82) is 0 Å². The van der Waals surface area contributed by atoms with E-state index in [1.54, 1.807) is 11.9 Å².